The first kappa shape index (κ1) is 15.4. The summed E-state index contributed by atoms with van der Waals surface area (Å²) in [6.45, 7) is 6.88. The highest BCUT2D eigenvalue weighted by Crippen LogP contribution is 2.15. The van der Waals surface area contributed by atoms with E-state index in [2.05, 4.69) is 38.6 Å². The van der Waals surface area contributed by atoms with E-state index < -0.39 is 0 Å². The molecule has 0 unspecified atom stereocenters. The fourth-order valence-corrected chi connectivity index (χ4v) is 1.85. The molecule has 5 nitrogen and oxygen atoms in total. The minimum absolute atomic E-state index is 0.128. The van der Waals surface area contributed by atoms with Gasteiger partial charge in [-0.1, -0.05) is 13.8 Å². The predicted octanol–water partition coefficient (Wildman–Crippen LogP) is 2.20. The Balaban J connectivity index is 2.86. The van der Waals surface area contributed by atoms with Crippen LogP contribution < -0.4 is 4.90 Å². The number of halogens is 2. The molecule has 0 N–H and O–H groups in total. The maximum absolute atomic E-state index is 5.81. The van der Waals surface area contributed by atoms with Crippen molar-refractivity contribution < 1.29 is 0 Å². The van der Waals surface area contributed by atoms with E-state index in [4.69, 9.17) is 23.2 Å². The van der Waals surface area contributed by atoms with Gasteiger partial charge in [0.2, 0.25) is 16.5 Å². The fraction of sp³-hybridized carbons (Fsp3) is 0.727. The number of hydrogen-bond donors (Lipinski definition) is 0. The van der Waals surface area contributed by atoms with Gasteiger partial charge in [0.15, 0.2) is 0 Å². The summed E-state index contributed by atoms with van der Waals surface area (Å²) in [5, 5.41) is 0.257. The summed E-state index contributed by atoms with van der Waals surface area (Å²) in [6.07, 6.45) is 0. The van der Waals surface area contributed by atoms with E-state index in [1.807, 2.05) is 14.1 Å². The van der Waals surface area contributed by atoms with Crippen molar-refractivity contribution in [3.05, 3.63) is 10.6 Å². The number of aromatic nitrogens is 3. The van der Waals surface area contributed by atoms with Gasteiger partial charge in [-0.05, 0) is 43.2 Å². The van der Waals surface area contributed by atoms with E-state index in [-0.39, 0.29) is 10.6 Å². The summed E-state index contributed by atoms with van der Waals surface area (Å²) >= 11 is 11.6. The quantitative estimate of drug-likeness (QED) is 0.804. The number of rotatable bonds is 6. The molecule has 18 heavy (non-hydrogen) atoms. The predicted molar refractivity (Wildman–Crippen MR) is 75.5 cm³/mol. The molecule has 0 atom stereocenters. The van der Waals surface area contributed by atoms with Crippen molar-refractivity contribution in [1.29, 1.82) is 0 Å². The number of nitrogens with zero attached hydrogens (tertiary/aromatic N) is 5. The molecule has 1 aromatic rings. The third-order valence-corrected chi connectivity index (χ3v) is 2.59. The molecule has 0 saturated heterocycles. The van der Waals surface area contributed by atoms with Crippen LogP contribution in [0.3, 0.4) is 0 Å². The zero-order chi connectivity index (χ0) is 13.7. The van der Waals surface area contributed by atoms with Gasteiger partial charge in [0, 0.05) is 19.6 Å². The first-order chi connectivity index (χ1) is 8.38. The molecular formula is C11H19Cl2N5. The van der Waals surface area contributed by atoms with Crippen molar-refractivity contribution in [3.63, 3.8) is 0 Å². The van der Waals surface area contributed by atoms with Crippen molar-refractivity contribution >= 4 is 29.2 Å². The molecule has 0 spiro atoms. The van der Waals surface area contributed by atoms with Crippen LogP contribution in [0, 0.1) is 5.92 Å². The molecule has 0 saturated carbocycles. The molecule has 0 amide bonds. The smallest absolute Gasteiger partial charge is 0.231 e. The van der Waals surface area contributed by atoms with Gasteiger partial charge in [-0.3, -0.25) is 0 Å². The number of likely N-dealkylation sites (N-methyl/N-ethyl adjacent to an activating group) is 1. The molecule has 1 aromatic heterocycles. The average molecular weight is 292 g/mol. The molecule has 102 valence electrons. The highest BCUT2D eigenvalue weighted by Gasteiger charge is 2.14. The molecule has 0 fully saturated rings. The fourth-order valence-electron chi connectivity index (χ4n) is 1.49. The molecule has 0 bridgehead atoms. The lowest BCUT2D eigenvalue weighted by Gasteiger charge is -2.25. The van der Waals surface area contributed by atoms with Crippen molar-refractivity contribution in [3.8, 4) is 0 Å². The SMILES string of the molecule is CC(C)CN(CCN(C)C)c1nc(Cl)nc(Cl)n1. The highest BCUT2D eigenvalue weighted by molar-refractivity contribution is 6.31. The Morgan fingerprint density at radius 1 is 1.00 bits per heavy atom. The van der Waals surface area contributed by atoms with Crippen molar-refractivity contribution in [2.75, 3.05) is 38.6 Å². The third kappa shape index (κ3) is 5.33. The minimum Gasteiger partial charge on any atom is -0.339 e. The first-order valence-corrected chi connectivity index (χ1v) is 6.61. The van der Waals surface area contributed by atoms with Crippen LogP contribution in [0.5, 0.6) is 0 Å². The molecule has 0 aliphatic rings. The summed E-state index contributed by atoms with van der Waals surface area (Å²) in [7, 11) is 4.06. The van der Waals surface area contributed by atoms with Crippen molar-refractivity contribution in [2.24, 2.45) is 5.92 Å². The Morgan fingerprint density at radius 2 is 1.56 bits per heavy atom. The molecule has 7 heteroatoms. The summed E-state index contributed by atoms with van der Waals surface area (Å²) in [5.41, 5.74) is 0. The average Bonchev–Trinajstić information content (AvgIpc) is 2.22. The lowest BCUT2D eigenvalue weighted by atomic mass is 10.2. The Morgan fingerprint density at radius 3 is 2.00 bits per heavy atom. The van der Waals surface area contributed by atoms with E-state index in [1.165, 1.54) is 0 Å². The zero-order valence-corrected chi connectivity index (χ0v) is 12.7. The van der Waals surface area contributed by atoms with Crippen LogP contribution in [0.2, 0.25) is 10.6 Å². The van der Waals surface area contributed by atoms with E-state index in [0.717, 1.165) is 19.6 Å². The number of hydrogen-bond acceptors (Lipinski definition) is 5. The summed E-state index contributed by atoms with van der Waals surface area (Å²) in [6, 6.07) is 0. The largest absolute Gasteiger partial charge is 0.339 e. The van der Waals surface area contributed by atoms with Crippen LogP contribution in [0.15, 0.2) is 0 Å². The molecule has 1 rings (SSSR count). The van der Waals surface area contributed by atoms with Gasteiger partial charge in [0.05, 0.1) is 0 Å². The topological polar surface area (TPSA) is 45.2 Å². The van der Waals surface area contributed by atoms with E-state index in [9.17, 15) is 0 Å². The van der Waals surface area contributed by atoms with Crippen molar-refractivity contribution in [2.45, 2.75) is 13.8 Å². The van der Waals surface area contributed by atoms with E-state index >= 15 is 0 Å². The van der Waals surface area contributed by atoms with Crippen molar-refractivity contribution in [1.82, 2.24) is 19.9 Å². The molecule has 0 aliphatic carbocycles. The van der Waals surface area contributed by atoms with Gasteiger partial charge in [0.1, 0.15) is 0 Å². The Hall–Kier alpha value is -0.650. The molecular weight excluding hydrogens is 273 g/mol. The normalized spacial score (nSPS) is 11.3. The minimum atomic E-state index is 0.128. The maximum atomic E-state index is 5.81. The first-order valence-electron chi connectivity index (χ1n) is 5.85. The Bertz CT molecular complexity index is 363. The van der Waals surface area contributed by atoms with Crippen LogP contribution in [-0.4, -0.2) is 53.6 Å². The van der Waals surface area contributed by atoms with Gasteiger partial charge in [-0.15, -0.1) is 0 Å². The molecule has 0 radical (unpaired) electrons. The van der Waals surface area contributed by atoms with Crippen LogP contribution in [0.1, 0.15) is 13.8 Å². The van der Waals surface area contributed by atoms with E-state index in [0.29, 0.717) is 11.9 Å². The van der Waals surface area contributed by atoms with Crippen LogP contribution >= 0.6 is 23.2 Å². The summed E-state index contributed by atoms with van der Waals surface area (Å²) in [5.74, 6) is 1.04. The Labute approximate surface area is 118 Å². The summed E-state index contributed by atoms with van der Waals surface area (Å²) < 4.78 is 0. The standard InChI is InChI=1S/C11H19Cl2N5/c1-8(2)7-18(6-5-17(3)4)11-15-9(12)14-10(13)16-11/h8H,5-7H2,1-4H3. The van der Waals surface area contributed by atoms with Crippen LogP contribution in [0.4, 0.5) is 5.95 Å². The molecule has 1 heterocycles. The second-order valence-electron chi connectivity index (χ2n) is 4.82. The third-order valence-electron chi connectivity index (χ3n) is 2.25. The van der Waals surface area contributed by atoms with Gasteiger partial charge < -0.3 is 9.80 Å². The molecule has 0 aromatic carbocycles. The van der Waals surface area contributed by atoms with Gasteiger partial charge in [-0.25, -0.2) is 0 Å². The van der Waals surface area contributed by atoms with Crippen LogP contribution in [0.25, 0.3) is 0 Å². The second kappa shape index (κ2) is 7.07. The monoisotopic (exact) mass is 291 g/mol. The van der Waals surface area contributed by atoms with Crippen LogP contribution in [-0.2, 0) is 0 Å². The summed E-state index contributed by atoms with van der Waals surface area (Å²) in [4.78, 5) is 16.2. The van der Waals surface area contributed by atoms with Gasteiger partial charge in [-0.2, -0.15) is 15.0 Å². The second-order valence-corrected chi connectivity index (χ2v) is 5.49. The molecule has 0 aliphatic heterocycles. The zero-order valence-electron chi connectivity index (χ0n) is 11.2. The lowest BCUT2D eigenvalue weighted by molar-refractivity contribution is 0.407. The number of anilines is 1. The maximum Gasteiger partial charge on any atom is 0.231 e. The van der Waals surface area contributed by atoms with Gasteiger partial charge >= 0.3 is 0 Å². The van der Waals surface area contributed by atoms with E-state index in [1.54, 1.807) is 0 Å². The lowest BCUT2D eigenvalue weighted by Crippen LogP contribution is -2.35. The van der Waals surface area contributed by atoms with Gasteiger partial charge in [0.25, 0.3) is 0 Å². The Kier molecular flexibility index (Phi) is 6.05. The highest BCUT2D eigenvalue weighted by atomic mass is 35.5.